The van der Waals surface area contributed by atoms with E-state index >= 15 is 4.39 Å². The zero-order chi connectivity index (χ0) is 35.3. The van der Waals surface area contributed by atoms with Gasteiger partial charge in [-0.15, -0.1) is 0 Å². The quantitative estimate of drug-likeness (QED) is 0.247. The molecule has 1 aromatic carbocycles. The molecule has 2 fully saturated rings. The van der Waals surface area contributed by atoms with E-state index in [4.69, 9.17) is 4.74 Å². The largest absolute Gasteiger partial charge is 0.378 e. The zero-order valence-corrected chi connectivity index (χ0v) is 28.7. The fourth-order valence-corrected chi connectivity index (χ4v) is 6.71. The normalized spacial score (nSPS) is 17.2. The van der Waals surface area contributed by atoms with Gasteiger partial charge >= 0.3 is 0 Å². The first-order valence-corrected chi connectivity index (χ1v) is 16.6. The lowest BCUT2D eigenvalue weighted by Crippen LogP contribution is -2.60. The standard InChI is InChI=1S/C37H39FN8O4/c1-22-17-44(10-11-45(22)27-20-50-21-27)26-6-7-32(40-16-26)42-31-13-24(18-43(5)35(31)48)28-8-9-39-34(29(28)19-47)46-36(49)33-23(15-41-46)12-25(14-30(33)38)37(2,3)4/h6-9,12-16,18-19,22,27H,10-11,17,20-21H2,1-5H3,(H,40,42). The number of nitrogens with one attached hydrogen (secondary N) is 1. The van der Waals surface area contributed by atoms with Crippen LogP contribution in [-0.2, 0) is 17.2 Å². The van der Waals surface area contributed by atoms with Gasteiger partial charge in [-0.3, -0.25) is 19.3 Å². The first-order valence-electron chi connectivity index (χ1n) is 16.6. The van der Waals surface area contributed by atoms with Gasteiger partial charge in [0.25, 0.3) is 11.1 Å². The molecule has 6 heterocycles. The number of pyridine rings is 3. The summed E-state index contributed by atoms with van der Waals surface area (Å²) < 4.78 is 23.1. The highest BCUT2D eigenvalue weighted by Crippen LogP contribution is 2.30. The molecule has 0 radical (unpaired) electrons. The minimum Gasteiger partial charge on any atom is -0.378 e. The summed E-state index contributed by atoms with van der Waals surface area (Å²) in [6.07, 6.45) is 6.81. The Morgan fingerprint density at radius 1 is 1.02 bits per heavy atom. The third-order valence-corrected chi connectivity index (χ3v) is 9.63. The van der Waals surface area contributed by atoms with E-state index in [2.05, 4.69) is 37.1 Å². The summed E-state index contributed by atoms with van der Waals surface area (Å²) in [4.78, 5) is 53.2. The molecule has 2 aliphatic rings. The molecule has 0 amide bonds. The van der Waals surface area contributed by atoms with E-state index in [9.17, 15) is 14.4 Å². The minimum atomic E-state index is -0.741. The molecular formula is C37H39FN8O4. The maximum atomic E-state index is 15.4. The number of halogens is 1. The second-order valence-electron chi connectivity index (χ2n) is 14.1. The minimum absolute atomic E-state index is 0.0550. The van der Waals surface area contributed by atoms with Crippen LogP contribution in [-0.4, -0.2) is 80.4 Å². The van der Waals surface area contributed by atoms with Crippen molar-refractivity contribution in [2.75, 3.05) is 43.1 Å². The number of rotatable bonds is 7. The molecule has 1 unspecified atom stereocenters. The molecule has 12 nitrogen and oxygen atoms in total. The van der Waals surface area contributed by atoms with Gasteiger partial charge in [-0.25, -0.2) is 14.4 Å². The number of carbonyl (C=O) groups excluding carboxylic acids is 1. The van der Waals surface area contributed by atoms with Crippen LogP contribution in [0.2, 0.25) is 0 Å². The molecule has 50 heavy (non-hydrogen) atoms. The Labute approximate surface area is 288 Å². The van der Waals surface area contributed by atoms with Crippen LogP contribution in [0.25, 0.3) is 27.7 Å². The summed E-state index contributed by atoms with van der Waals surface area (Å²) in [6.45, 7) is 12.4. The zero-order valence-electron chi connectivity index (χ0n) is 28.7. The van der Waals surface area contributed by atoms with Gasteiger partial charge in [0.05, 0.1) is 48.3 Å². The van der Waals surface area contributed by atoms with Crippen molar-refractivity contribution < 1.29 is 13.9 Å². The number of carbonyl (C=O) groups is 1. The first kappa shape index (κ1) is 33.2. The van der Waals surface area contributed by atoms with E-state index in [1.54, 1.807) is 37.6 Å². The molecule has 1 N–H and O–H groups in total. The lowest BCUT2D eigenvalue weighted by Gasteiger charge is -2.47. The number of hydrogen-bond donors (Lipinski definition) is 1. The smallest absolute Gasteiger partial charge is 0.283 e. The van der Waals surface area contributed by atoms with Gasteiger partial charge in [-0.1, -0.05) is 20.8 Å². The van der Waals surface area contributed by atoms with Crippen molar-refractivity contribution in [1.29, 1.82) is 0 Å². The van der Waals surface area contributed by atoms with Crippen LogP contribution in [0.15, 0.2) is 70.8 Å². The van der Waals surface area contributed by atoms with E-state index in [1.807, 2.05) is 32.9 Å². The van der Waals surface area contributed by atoms with Crippen LogP contribution in [0.1, 0.15) is 43.6 Å². The number of aromatic nitrogens is 5. The van der Waals surface area contributed by atoms with Crippen molar-refractivity contribution in [2.24, 2.45) is 7.05 Å². The third kappa shape index (κ3) is 6.07. The van der Waals surface area contributed by atoms with Crippen molar-refractivity contribution >= 4 is 34.3 Å². The third-order valence-electron chi connectivity index (χ3n) is 9.63. The average molecular weight is 679 g/mol. The van der Waals surface area contributed by atoms with E-state index in [0.29, 0.717) is 40.7 Å². The van der Waals surface area contributed by atoms with Crippen molar-refractivity contribution in [3.8, 4) is 16.9 Å². The van der Waals surface area contributed by atoms with Gasteiger partial charge in [0.1, 0.15) is 17.3 Å². The highest BCUT2D eigenvalue weighted by Gasteiger charge is 2.33. The SMILES string of the molecule is CC1CN(c2ccc(Nc3cc(-c4ccnc(-n5ncc6cc(C(C)(C)C)cc(F)c6c5=O)c4C=O)cn(C)c3=O)nc2)CCN1C1COC1. The van der Waals surface area contributed by atoms with E-state index in [1.165, 1.54) is 23.0 Å². The maximum Gasteiger partial charge on any atom is 0.283 e. The molecule has 2 saturated heterocycles. The molecule has 2 aliphatic heterocycles. The fraction of sp³-hybridized carbons (Fsp3) is 0.351. The van der Waals surface area contributed by atoms with Crippen LogP contribution in [0.4, 0.5) is 21.6 Å². The number of piperazine rings is 1. The number of hydrogen-bond acceptors (Lipinski definition) is 10. The molecular weight excluding hydrogens is 639 g/mol. The predicted octanol–water partition coefficient (Wildman–Crippen LogP) is 4.44. The molecule has 7 rings (SSSR count). The number of nitrogens with zero attached hydrogens (tertiary/aromatic N) is 7. The second kappa shape index (κ2) is 12.9. The molecule has 0 spiro atoms. The molecule has 4 aromatic heterocycles. The number of ether oxygens (including phenoxy) is 1. The lowest BCUT2D eigenvalue weighted by molar-refractivity contribution is -0.0792. The monoisotopic (exact) mass is 678 g/mol. The number of anilines is 3. The number of fused-ring (bicyclic) bond motifs is 1. The number of aryl methyl sites for hydroxylation is 1. The highest BCUT2D eigenvalue weighted by molar-refractivity contribution is 5.92. The van der Waals surface area contributed by atoms with Crippen LogP contribution >= 0.6 is 0 Å². The summed E-state index contributed by atoms with van der Waals surface area (Å²) in [5, 5.41) is 7.62. The molecule has 258 valence electrons. The first-order chi connectivity index (χ1) is 23.9. The Balaban J connectivity index is 1.18. The number of benzene rings is 1. The van der Waals surface area contributed by atoms with Crippen molar-refractivity contribution in [3.63, 3.8) is 0 Å². The predicted molar refractivity (Wildman–Crippen MR) is 190 cm³/mol. The van der Waals surface area contributed by atoms with Gasteiger partial charge in [0.2, 0.25) is 0 Å². The van der Waals surface area contributed by atoms with Crippen molar-refractivity contribution in [3.05, 3.63) is 98.8 Å². The summed E-state index contributed by atoms with van der Waals surface area (Å²) in [5.41, 5.74) is 1.56. The topological polar surface area (TPSA) is 127 Å². The molecule has 13 heteroatoms. The molecule has 1 atom stereocenters. The Morgan fingerprint density at radius 2 is 1.82 bits per heavy atom. The van der Waals surface area contributed by atoms with Gasteiger partial charge < -0.3 is 19.5 Å². The molecule has 5 aromatic rings. The Kier molecular flexibility index (Phi) is 8.56. The highest BCUT2D eigenvalue weighted by atomic mass is 19.1. The Morgan fingerprint density at radius 3 is 2.48 bits per heavy atom. The van der Waals surface area contributed by atoms with Crippen LogP contribution in [0, 0.1) is 5.82 Å². The van der Waals surface area contributed by atoms with E-state index < -0.39 is 11.4 Å². The van der Waals surface area contributed by atoms with Crippen LogP contribution in [0.5, 0.6) is 0 Å². The Bertz CT molecular complexity index is 2220. The Hall–Kier alpha value is -5.27. The summed E-state index contributed by atoms with van der Waals surface area (Å²) >= 11 is 0. The molecule has 0 bridgehead atoms. The maximum absolute atomic E-state index is 15.4. The fourth-order valence-electron chi connectivity index (χ4n) is 6.71. The number of aldehydes is 1. The van der Waals surface area contributed by atoms with Gasteiger partial charge in [-0.05, 0) is 59.9 Å². The van der Waals surface area contributed by atoms with Gasteiger partial charge in [-0.2, -0.15) is 9.78 Å². The summed E-state index contributed by atoms with van der Waals surface area (Å²) in [6, 6.07) is 11.1. The summed E-state index contributed by atoms with van der Waals surface area (Å²) in [5.74, 6) is -0.249. The van der Waals surface area contributed by atoms with Gasteiger partial charge in [0.15, 0.2) is 12.1 Å². The van der Waals surface area contributed by atoms with Crippen molar-refractivity contribution in [2.45, 2.75) is 45.2 Å². The summed E-state index contributed by atoms with van der Waals surface area (Å²) in [7, 11) is 1.61. The van der Waals surface area contributed by atoms with Crippen LogP contribution in [0.3, 0.4) is 0 Å². The molecule has 0 saturated carbocycles. The second-order valence-corrected chi connectivity index (χ2v) is 14.1. The van der Waals surface area contributed by atoms with Crippen LogP contribution < -0.4 is 21.3 Å². The van der Waals surface area contributed by atoms with Gasteiger partial charge in [0, 0.05) is 56.1 Å². The van der Waals surface area contributed by atoms with Crippen molar-refractivity contribution in [1.82, 2.24) is 29.2 Å². The van der Waals surface area contributed by atoms with E-state index in [-0.39, 0.29) is 33.4 Å². The lowest BCUT2D eigenvalue weighted by atomic mass is 9.86. The van der Waals surface area contributed by atoms with E-state index in [0.717, 1.165) is 48.8 Å². The molecule has 0 aliphatic carbocycles. The average Bonchev–Trinajstić information content (AvgIpc) is 3.06.